The van der Waals surface area contributed by atoms with Crippen LogP contribution in [0.25, 0.3) is 0 Å². The van der Waals surface area contributed by atoms with Gasteiger partial charge in [0.25, 0.3) is 0 Å². The third kappa shape index (κ3) is 8.23. The Hall–Kier alpha value is -2.62. The van der Waals surface area contributed by atoms with Crippen LogP contribution in [0, 0.1) is 11.6 Å². The second-order valence-corrected chi connectivity index (χ2v) is 8.97. The second-order valence-electron chi connectivity index (χ2n) is 8.45. The summed E-state index contributed by atoms with van der Waals surface area (Å²) in [7, 11) is 2.09. The molecule has 1 saturated heterocycles. The van der Waals surface area contributed by atoms with Gasteiger partial charge in [-0.2, -0.15) is 0 Å². The molecule has 1 fully saturated rings. The fraction of sp³-hybridized carbons (Fsp3) is 0.308. The van der Waals surface area contributed by atoms with E-state index in [2.05, 4.69) is 29.3 Å². The van der Waals surface area contributed by atoms with Gasteiger partial charge in [0.05, 0.1) is 0 Å². The molecule has 2 N–H and O–H groups in total. The molecule has 3 aromatic carbocycles. The maximum atomic E-state index is 13.3. The lowest BCUT2D eigenvalue weighted by Gasteiger charge is -2.41. The number of piperidine rings is 1. The molecule has 4 rings (SSSR count). The summed E-state index contributed by atoms with van der Waals surface area (Å²) >= 11 is 3.91. The highest BCUT2D eigenvalue weighted by molar-refractivity contribution is 7.80. The summed E-state index contributed by atoms with van der Waals surface area (Å²) in [6.07, 6.45) is -2.78. The van der Waals surface area contributed by atoms with Crippen molar-refractivity contribution >= 4 is 12.6 Å². The Labute approximate surface area is 207 Å². The molecule has 0 saturated carbocycles. The van der Waals surface area contributed by atoms with Gasteiger partial charge in [-0.15, -0.1) is 25.8 Å². The molecule has 2 atom stereocenters. The fourth-order valence-corrected chi connectivity index (χ4v) is 4.31. The standard InChI is InChI=1S/C19H22F2N2.C7H5F3OS/c1-23-11-10-17(22)12-18(23)19(13-2-6-15(20)7-3-13)14-4-8-16(21)9-5-14;8-7(9,10)11-5-1-3-6(12)4-2-5/h2-9,17-19H,10-12,22H2,1H3;1-4,12H. The van der Waals surface area contributed by atoms with E-state index in [4.69, 9.17) is 5.73 Å². The molecule has 0 bridgehead atoms. The van der Waals surface area contributed by atoms with Crippen LogP contribution in [-0.2, 0) is 0 Å². The minimum absolute atomic E-state index is 0.0487. The van der Waals surface area contributed by atoms with Crippen LogP contribution in [0.5, 0.6) is 5.75 Å². The average Bonchev–Trinajstić information content (AvgIpc) is 2.80. The summed E-state index contributed by atoms with van der Waals surface area (Å²) in [5.41, 5.74) is 8.25. The molecule has 188 valence electrons. The van der Waals surface area contributed by atoms with E-state index < -0.39 is 6.36 Å². The fourth-order valence-electron chi connectivity index (χ4n) is 4.16. The first-order valence-corrected chi connectivity index (χ1v) is 11.5. The number of rotatable bonds is 4. The van der Waals surface area contributed by atoms with E-state index in [0.717, 1.165) is 30.5 Å². The van der Waals surface area contributed by atoms with Gasteiger partial charge in [0.1, 0.15) is 17.4 Å². The molecule has 1 heterocycles. The number of benzene rings is 3. The number of nitrogens with zero attached hydrogens (tertiary/aromatic N) is 1. The zero-order valence-corrected chi connectivity index (χ0v) is 19.9. The van der Waals surface area contributed by atoms with Crippen molar-refractivity contribution in [1.82, 2.24) is 4.90 Å². The zero-order chi connectivity index (χ0) is 25.6. The van der Waals surface area contributed by atoms with Gasteiger partial charge in [-0.05, 0) is 86.1 Å². The maximum Gasteiger partial charge on any atom is 0.573 e. The number of hydrogen-bond donors (Lipinski definition) is 2. The molecule has 0 amide bonds. The van der Waals surface area contributed by atoms with Gasteiger partial charge in [-0.3, -0.25) is 0 Å². The van der Waals surface area contributed by atoms with E-state index in [0.29, 0.717) is 4.90 Å². The van der Waals surface area contributed by atoms with Crippen molar-refractivity contribution in [3.63, 3.8) is 0 Å². The Kier molecular flexibility index (Phi) is 9.15. The van der Waals surface area contributed by atoms with Gasteiger partial charge < -0.3 is 15.4 Å². The van der Waals surface area contributed by atoms with Crippen molar-refractivity contribution in [2.75, 3.05) is 13.6 Å². The van der Waals surface area contributed by atoms with E-state index >= 15 is 0 Å². The van der Waals surface area contributed by atoms with Gasteiger partial charge in [0, 0.05) is 22.9 Å². The SMILES string of the molecule is CN1CCC(N)CC1C(c1ccc(F)cc1)c1ccc(F)cc1.FC(F)(F)Oc1ccc(S)cc1. The molecule has 1 aliphatic rings. The molecule has 3 aromatic rings. The number of halogens is 5. The van der Waals surface area contributed by atoms with Gasteiger partial charge in [0.15, 0.2) is 0 Å². The molecule has 0 aliphatic carbocycles. The molecule has 1 aliphatic heterocycles. The quantitative estimate of drug-likeness (QED) is 0.316. The highest BCUT2D eigenvalue weighted by atomic mass is 32.1. The molecule has 2 unspecified atom stereocenters. The third-order valence-electron chi connectivity index (χ3n) is 5.88. The van der Waals surface area contributed by atoms with E-state index in [9.17, 15) is 22.0 Å². The van der Waals surface area contributed by atoms with Crippen LogP contribution in [0.3, 0.4) is 0 Å². The van der Waals surface area contributed by atoms with E-state index in [1.54, 1.807) is 0 Å². The first-order chi connectivity index (χ1) is 16.5. The summed E-state index contributed by atoms with van der Waals surface area (Å²) in [4.78, 5) is 2.89. The third-order valence-corrected chi connectivity index (χ3v) is 6.17. The predicted octanol–water partition coefficient (Wildman–Crippen LogP) is 6.39. The summed E-state index contributed by atoms with van der Waals surface area (Å²) in [5.74, 6) is -0.687. The van der Waals surface area contributed by atoms with Crippen molar-refractivity contribution in [2.24, 2.45) is 5.73 Å². The lowest BCUT2D eigenvalue weighted by molar-refractivity contribution is -0.274. The van der Waals surface area contributed by atoms with Crippen LogP contribution in [0.1, 0.15) is 29.9 Å². The van der Waals surface area contributed by atoms with Crippen molar-refractivity contribution < 1.29 is 26.7 Å². The second kappa shape index (κ2) is 11.9. The molecule has 3 nitrogen and oxygen atoms in total. The first-order valence-electron chi connectivity index (χ1n) is 11.0. The van der Waals surface area contributed by atoms with Gasteiger partial charge >= 0.3 is 6.36 Å². The Morgan fingerprint density at radius 2 is 1.37 bits per heavy atom. The maximum absolute atomic E-state index is 13.3. The molecule has 0 spiro atoms. The molecular weight excluding hydrogens is 483 g/mol. The monoisotopic (exact) mass is 510 g/mol. The van der Waals surface area contributed by atoms with Crippen LogP contribution < -0.4 is 10.5 Å². The largest absolute Gasteiger partial charge is 0.573 e. The summed E-state index contributed by atoms with van der Waals surface area (Å²) in [6, 6.07) is 18.8. The Balaban J connectivity index is 0.000000241. The lowest BCUT2D eigenvalue weighted by atomic mass is 9.79. The number of likely N-dealkylation sites (tertiary alicyclic amines) is 1. The van der Waals surface area contributed by atoms with Gasteiger partial charge in [0.2, 0.25) is 0 Å². The molecule has 35 heavy (non-hydrogen) atoms. The van der Waals surface area contributed by atoms with Crippen molar-refractivity contribution in [3.05, 3.63) is 95.6 Å². The Bertz CT molecular complexity index is 1010. The lowest BCUT2D eigenvalue weighted by Crippen LogP contribution is -2.47. The average molecular weight is 511 g/mol. The van der Waals surface area contributed by atoms with Crippen LogP contribution in [0.4, 0.5) is 22.0 Å². The first kappa shape index (κ1) is 27.0. The highest BCUT2D eigenvalue weighted by Crippen LogP contribution is 2.35. The molecule has 0 aromatic heterocycles. The van der Waals surface area contributed by atoms with E-state index in [1.807, 2.05) is 24.3 Å². The minimum Gasteiger partial charge on any atom is -0.406 e. The zero-order valence-electron chi connectivity index (χ0n) is 19.1. The Morgan fingerprint density at radius 3 is 1.83 bits per heavy atom. The van der Waals surface area contributed by atoms with Crippen molar-refractivity contribution in [3.8, 4) is 5.75 Å². The predicted molar refractivity (Wildman–Crippen MR) is 129 cm³/mol. The van der Waals surface area contributed by atoms with Gasteiger partial charge in [-0.1, -0.05) is 24.3 Å². The normalized spacial score (nSPS) is 18.7. The van der Waals surface area contributed by atoms with E-state index in [1.165, 1.54) is 48.5 Å². The van der Waals surface area contributed by atoms with E-state index in [-0.39, 0.29) is 35.4 Å². The van der Waals surface area contributed by atoms with Crippen LogP contribution in [-0.4, -0.2) is 36.9 Å². The molecule has 0 radical (unpaired) electrons. The topological polar surface area (TPSA) is 38.5 Å². The smallest absolute Gasteiger partial charge is 0.406 e. The number of thiol groups is 1. The number of likely N-dealkylation sites (N-methyl/N-ethyl adjacent to an activating group) is 1. The van der Waals surface area contributed by atoms with Crippen molar-refractivity contribution in [2.45, 2.75) is 42.1 Å². The molecule has 9 heteroatoms. The number of hydrogen-bond acceptors (Lipinski definition) is 4. The molecular formula is C26H27F5N2OS. The summed E-state index contributed by atoms with van der Waals surface area (Å²) in [5, 5.41) is 0. The summed E-state index contributed by atoms with van der Waals surface area (Å²) in [6.45, 7) is 0.935. The summed E-state index contributed by atoms with van der Waals surface area (Å²) < 4.78 is 65.0. The van der Waals surface area contributed by atoms with Crippen LogP contribution in [0.15, 0.2) is 77.7 Å². The number of ether oxygens (including phenoxy) is 1. The minimum atomic E-state index is -4.63. The number of alkyl halides is 3. The Morgan fingerprint density at radius 1 is 0.886 bits per heavy atom. The van der Waals surface area contributed by atoms with Crippen molar-refractivity contribution in [1.29, 1.82) is 0 Å². The highest BCUT2D eigenvalue weighted by Gasteiger charge is 2.33. The van der Waals surface area contributed by atoms with Crippen LogP contribution >= 0.6 is 12.6 Å². The number of nitrogens with two attached hydrogens (primary N) is 1. The van der Waals surface area contributed by atoms with Gasteiger partial charge in [-0.25, -0.2) is 8.78 Å². The van der Waals surface area contributed by atoms with Crippen LogP contribution in [0.2, 0.25) is 0 Å².